The first-order chi connectivity index (χ1) is 6.79. The average molecular weight is 207 g/mol. The van der Waals surface area contributed by atoms with Crippen LogP contribution < -0.4 is 0 Å². The number of rotatable bonds is 3. The lowest BCUT2D eigenvalue weighted by atomic mass is 10.1. The molecule has 0 radical (unpaired) electrons. The fraction of sp³-hybridized carbons (Fsp3) is 0.364. The molecule has 0 saturated carbocycles. The fourth-order valence-corrected chi connectivity index (χ4v) is 2.35. The number of benzene rings is 1. The lowest BCUT2D eigenvalue weighted by Crippen LogP contribution is -1.93. The third-order valence-electron chi connectivity index (χ3n) is 2.15. The summed E-state index contributed by atoms with van der Waals surface area (Å²) in [7, 11) is 1.73. The van der Waals surface area contributed by atoms with Gasteiger partial charge < -0.3 is 4.74 Å². The molecule has 0 aliphatic heterocycles. The van der Waals surface area contributed by atoms with Gasteiger partial charge in [-0.15, -0.1) is 11.3 Å². The highest BCUT2D eigenvalue weighted by molar-refractivity contribution is 7.18. The minimum atomic E-state index is 0.781. The molecular formula is C11H13NOS. The van der Waals surface area contributed by atoms with E-state index in [-0.39, 0.29) is 0 Å². The summed E-state index contributed by atoms with van der Waals surface area (Å²) in [5, 5.41) is 1.13. The van der Waals surface area contributed by atoms with Gasteiger partial charge in [-0.05, 0) is 31.0 Å². The maximum atomic E-state index is 5.05. The number of aryl methyl sites for hydroxylation is 1. The van der Waals surface area contributed by atoms with Gasteiger partial charge in [0.2, 0.25) is 0 Å². The van der Waals surface area contributed by atoms with Crippen LogP contribution in [0.2, 0.25) is 0 Å². The molecule has 74 valence electrons. The van der Waals surface area contributed by atoms with E-state index >= 15 is 0 Å². The van der Waals surface area contributed by atoms with Crippen molar-refractivity contribution in [3.05, 3.63) is 28.8 Å². The van der Waals surface area contributed by atoms with Gasteiger partial charge >= 0.3 is 0 Å². The van der Waals surface area contributed by atoms with E-state index in [1.54, 1.807) is 18.4 Å². The van der Waals surface area contributed by atoms with Crippen molar-refractivity contribution in [3.8, 4) is 0 Å². The lowest BCUT2D eigenvalue weighted by Gasteiger charge is -1.99. The molecule has 0 bridgehead atoms. The second-order valence-corrected chi connectivity index (χ2v) is 4.51. The second kappa shape index (κ2) is 4.07. The Labute approximate surface area is 87.5 Å². The Hall–Kier alpha value is -0.930. The van der Waals surface area contributed by atoms with Gasteiger partial charge in [-0.25, -0.2) is 4.98 Å². The van der Waals surface area contributed by atoms with Crippen molar-refractivity contribution in [1.29, 1.82) is 0 Å². The molecule has 2 aromatic rings. The topological polar surface area (TPSA) is 22.1 Å². The lowest BCUT2D eigenvalue weighted by molar-refractivity contribution is 0.202. The van der Waals surface area contributed by atoms with E-state index < -0.39 is 0 Å². The molecule has 1 heterocycles. The quantitative estimate of drug-likeness (QED) is 0.772. The summed E-state index contributed by atoms with van der Waals surface area (Å²) in [6, 6.07) is 6.42. The Balaban J connectivity index is 2.31. The van der Waals surface area contributed by atoms with Crippen LogP contribution in [0, 0.1) is 6.92 Å². The highest BCUT2D eigenvalue weighted by Crippen LogP contribution is 2.22. The molecule has 0 N–H and O–H groups in total. The number of hydrogen-bond donors (Lipinski definition) is 0. The molecule has 0 atom stereocenters. The molecule has 0 fully saturated rings. The standard InChI is InChI=1S/C11H13NOS/c1-8-12-10-4-3-9(5-6-13-2)7-11(10)14-8/h3-4,7H,5-6H2,1-2H3. The summed E-state index contributed by atoms with van der Waals surface area (Å²) in [6.07, 6.45) is 0.976. The van der Waals surface area contributed by atoms with Gasteiger partial charge in [0.15, 0.2) is 0 Å². The zero-order valence-electron chi connectivity index (χ0n) is 8.41. The van der Waals surface area contributed by atoms with Crippen LogP contribution in [0.1, 0.15) is 10.6 Å². The molecule has 2 nitrogen and oxygen atoms in total. The largest absolute Gasteiger partial charge is 0.384 e. The zero-order chi connectivity index (χ0) is 9.97. The molecule has 1 aromatic carbocycles. The third-order valence-corrected chi connectivity index (χ3v) is 3.09. The maximum Gasteiger partial charge on any atom is 0.0907 e. The van der Waals surface area contributed by atoms with E-state index in [0.717, 1.165) is 23.6 Å². The number of methoxy groups -OCH3 is 1. The van der Waals surface area contributed by atoms with E-state index in [4.69, 9.17) is 4.74 Å². The van der Waals surface area contributed by atoms with Gasteiger partial charge in [0.1, 0.15) is 0 Å². The summed E-state index contributed by atoms with van der Waals surface area (Å²) in [4.78, 5) is 4.42. The molecular weight excluding hydrogens is 194 g/mol. The monoisotopic (exact) mass is 207 g/mol. The highest BCUT2D eigenvalue weighted by atomic mass is 32.1. The minimum Gasteiger partial charge on any atom is -0.384 e. The van der Waals surface area contributed by atoms with E-state index in [2.05, 4.69) is 23.2 Å². The highest BCUT2D eigenvalue weighted by Gasteiger charge is 2.01. The predicted octanol–water partition coefficient (Wildman–Crippen LogP) is 2.79. The van der Waals surface area contributed by atoms with Gasteiger partial charge in [0.25, 0.3) is 0 Å². The molecule has 2 rings (SSSR count). The number of ether oxygens (including phenoxy) is 1. The smallest absolute Gasteiger partial charge is 0.0907 e. The van der Waals surface area contributed by atoms with Crippen molar-refractivity contribution in [2.45, 2.75) is 13.3 Å². The number of aromatic nitrogens is 1. The Morgan fingerprint density at radius 1 is 1.43 bits per heavy atom. The zero-order valence-corrected chi connectivity index (χ0v) is 9.23. The number of nitrogens with zero attached hydrogens (tertiary/aromatic N) is 1. The third kappa shape index (κ3) is 1.94. The van der Waals surface area contributed by atoms with Crippen LogP contribution >= 0.6 is 11.3 Å². The van der Waals surface area contributed by atoms with E-state index in [0.29, 0.717) is 0 Å². The first-order valence-electron chi connectivity index (χ1n) is 4.64. The summed E-state index contributed by atoms with van der Waals surface area (Å²) >= 11 is 1.75. The van der Waals surface area contributed by atoms with E-state index in [9.17, 15) is 0 Å². The molecule has 0 unspecified atom stereocenters. The maximum absolute atomic E-state index is 5.05. The van der Waals surface area contributed by atoms with Crippen molar-refractivity contribution >= 4 is 21.6 Å². The SMILES string of the molecule is COCCc1ccc2nc(C)sc2c1. The van der Waals surface area contributed by atoms with Crippen molar-refractivity contribution in [1.82, 2.24) is 4.98 Å². The first-order valence-corrected chi connectivity index (χ1v) is 5.46. The van der Waals surface area contributed by atoms with Gasteiger partial charge in [-0.2, -0.15) is 0 Å². The number of fused-ring (bicyclic) bond motifs is 1. The Bertz CT molecular complexity index is 436. The van der Waals surface area contributed by atoms with Crippen LogP contribution in [-0.4, -0.2) is 18.7 Å². The summed E-state index contributed by atoms with van der Waals surface area (Å²) in [5.74, 6) is 0. The predicted molar refractivity (Wildman–Crippen MR) is 59.9 cm³/mol. The van der Waals surface area contributed by atoms with Gasteiger partial charge in [0, 0.05) is 7.11 Å². The summed E-state index contributed by atoms with van der Waals surface area (Å²) in [5.41, 5.74) is 2.43. The van der Waals surface area contributed by atoms with Crippen molar-refractivity contribution < 1.29 is 4.74 Å². The van der Waals surface area contributed by atoms with Crippen LogP contribution in [-0.2, 0) is 11.2 Å². The summed E-state index contributed by atoms with van der Waals surface area (Å²) in [6.45, 7) is 2.82. The van der Waals surface area contributed by atoms with Crippen LogP contribution in [0.5, 0.6) is 0 Å². The second-order valence-electron chi connectivity index (χ2n) is 3.28. The van der Waals surface area contributed by atoms with Gasteiger partial charge in [-0.3, -0.25) is 0 Å². The molecule has 0 saturated heterocycles. The molecule has 14 heavy (non-hydrogen) atoms. The fourth-order valence-electron chi connectivity index (χ4n) is 1.46. The van der Waals surface area contributed by atoms with E-state index in [1.807, 2.05) is 6.92 Å². The molecule has 0 aliphatic rings. The van der Waals surface area contributed by atoms with Crippen molar-refractivity contribution in [3.63, 3.8) is 0 Å². The average Bonchev–Trinajstić information content (AvgIpc) is 2.54. The minimum absolute atomic E-state index is 0.781. The van der Waals surface area contributed by atoms with Crippen LogP contribution in [0.25, 0.3) is 10.2 Å². The van der Waals surface area contributed by atoms with Crippen LogP contribution in [0.3, 0.4) is 0 Å². The Morgan fingerprint density at radius 3 is 3.07 bits per heavy atom. The summed E-state index contributed by atoms with van der Waals surface area (Å²) < 4.78 is 6.32. The molecule has 0 amide bonds. The van der Waals surface area contributed by atoms with E-state index in [1.165, 1.54) is 10.3 Å². The normalized spacial score (nSPS) is 11.0. The van der Waals surface area contributed by atoms with Gasteiger partial charge in [0.05, 0.1) is 21.8 Å². The van der Waals surface area contributed by atoms with Crippen molar-refractivity contribution in [2.24, 2.45) is 0 Å². The number of thiazole rings is 1. The van der Waals surface area contributed by atoms with Crippen LogP contribution in [0.4, 0.5) is 0 Å². The Kier molecular flexibility index (Phi) is 2.79. The number of hydrogen-bond acceptors (Lipinski definition) is 3. The van der Waals surface area contributed by atoms with Crippen molar-refractivity contribution in [2.75, 3.05) is 13.7 Å². The molecule has 1 aromatic heterocycles. The van der Waals surface area contributed by atoms with Crippen LogP contribution in [0.15, 0.2) is 18.2 Å². The molecule has 0 spiro atoms. The molecule has 0 aliphatic carbocycles. The molecule has 3 heteroatoms. The first kappa shape index (κ1) is 9.62. The van der Waals surface area contributed by atoms with Gasteiger partial charge in [-0.1, -0.05) is 6.07 Å². The Morgan fingerprint density at radius 2 is 2.29 bits per heavy atom.